The number of hydrogen-bond donors (Lipinski definition) is 1. The zero-order chi connectivity index (χ0) is 14.6. The number of nitrogens with two attached hydrogens (primary N) is 1. The van der Waals surface area contributed by atoms with Gasteiger partial charge in [-0.1, -0.05) is 18.2 Å². The van der Waals surface area contributed by atoms with Gasteiger partial charge in [-0.2, -0.15) is 0 Å². The summed E-state index contributed by atoms with van der Waals surface area (Å²) in [6, 6.07) is 7.86. The molecule has 4 nitrogen and oxygen atoms in total. The van der Waals surface area contributed by atoms with E-state index < -0.39 is 9.84 Å². The molecule has 0 amide bonds. The highest BCUT2D eigenvalue weighted by Crippen LogP contribution is 2.29. The Bertz CT molecular complexity index is 542. The molecule has 2 rings (SSSR count). The van der Waals surface area contributed by atoms with E-state index in [1.54, 1.807) is 0 Å². The predicted molar refractivity (Wildman–Crippen MR) is 80.7 cm³/mol. The minimum absolute atomic E-state index is 0.0117. The maximum Gasteiger partial charge on any atom is 0.150 e. The van der Waals surface area contributed by atoms with Crippen LogP contribution in [0.5, 0.6) is 5.75 Å². The average Bonchev–Trinajstić information content (AvgIpc) is 2.41. The normalized spacial score (nSPS) is 23.5. The molecule has 5 heteroatoms. The second-order valence-electron chi connectivity index (χ2n) is 5.50. The quantitative estimate of drug-likeness (QED) is 0.901. The Balaban J connectivity index is 2.06. The van der Waals surface area contributed by atoms with Gasteiger partial charge in [0, 0.05) is 12.7 Å². The van der Waals surface area contributed by atoms with Crippen LogP contribution >= 0.6 is 0 Å². The van der Waals surface area contributed by atoms with Gasteiger partial charge in [0.15, 0.2) is 0 Å². The number of ether oxygens (including phenoxy) is 1. The maximum absolute atomic E-state index is 11.7. The summed E-state index contributed by atoms with van der Waals surface area (Å²) >= 11 is 0. The van der Waals surface area contributed by atoms with Gasteiger partial charge in [0.25, 0.3) is 0 Å². The van der Waals surface area contributed by atoms with E-state index >= 15 is 0 Å². The van der Waals surface area contributed by atoms with Gasteiger partial charge in [0.05, 0.1) is 11.4 Å². The van der Waals surface area contributed by atoms with Crippen molar-refractivity contribution in [1.82, 2.24) is 0 Å². The van der Waals surface area contributed by atoms with E-state index in [4.69, 9.17) is 10.5 Å². The second-order valence-corrected chi connectivity index (χ2v) is 7.83. The highest BCUT2D eigenvalue weighted by atomic mass is 32.2. The molecule has 1 aliphatic rings. The van der Waals surface area contributed by atoms with Gasteiger partial charge < -0.3 is 10.5 Å². The first-order chi connectivity index (χ1) is 9.50. The maximum atomic E-state index is 11.7. The van der Waals surface area contributed by atoms with Crippen molar-refractivity contribution < 1.29 is 13.2 Å². The summed E-state index contributed by atoms with van der Waals surface area (Å²) in [5.74, 6) is 0.845. The third-order valence-electron chi connectivity index (χ3n) is 3.86. The van der Waals surface area contributed by atoms with Gasteiger partial charge in [-0.25, -0.2) is 8.42 Å². The van der Waals surface area contributed by atoms with Crippen molar-refractivity contribution in [3.05, 3.63) is 29.8 Å². The summed E-state index contributed by atoms with van der Waals surface area (Å²) in [6.45, 7) is 0.580. The van der Waals surface area contributed by atoms with Gasteiger partial charge in [0.1, 0.15) is 15.6 Å². The standard InChI is InChI=1S/C15H23NO3S/c1-20(17,18)14-7-4-6-13(11-14)19-15-8-3-2-5-12(15)9-10-16/h2-3,5,8,13-14H,4,6-7,9-11,16H2,1H3. The number of hydrogen-bond acceptors (Lipinski definition) is 4. The zero-order valence-corrected chi connectivity index (χ0v) is 12.7. The lowest BCUT2D eigenvalue weighted by Crippen LogP contribution is -2.33. The number of para-hydroxylation sites is 1. The first kappa shape index (κ1) is 15.3. The molecule has 2 N–H and O–H groups in total. The topological polar surface area (TPSA) is 69.4 Å². The van der Waals surface area contributed by atoms with Crippen molar-refractivity contribution in [3.63, 3.8) is 0 Å². The van der Waals surface area contributed by atoms with E-state index in [-0.39, 0.29) is 11.4 Å². The summed E-state index contributed by atoms with van der Waals surface area (Å²) in [7, 11) is -2.97. The lowest BCUT2D eigenvalue weighted by atomic mass is 9.97. The van der Waals surface area contributed by atoms with Crippen molar-refractivity contribution in [2.24, 2.45) is 5.73 Å². The SMILES string of the molecule is CS(=O)(=O)C1CCCC(Oc2ccccc2CCN)C1. The van der Waals surface area contributed by atoms with Crippen LogP contribution in [0.1, 0.15) is 31.2 Å². The van der Waals surface area contributed by atoms with Crippen LogP contribution in [0.4, 0.5) is 0 Å². The molecule has 1 fully saturated rings. The van der Waals surface area contributed by atoms with E-state index in [2.05, 4.69) is 0 Å². The van der Waals surface area contributed by atoms with Gasteiger partial charge in [-0.15, -0.1) is 0 Å². The van der Waals surface area contributed by atoms with E-state index in [0.717, 1.165) is 37.0 Å². The molecular weight excluding hydrogens is 274 g/mol. The third kappa shape index (κ3) is 3.96. The van der Waals surface area contributed by atoms with Crippen LogP contribution in [0.3, 0.4) is 0 Å². The molecule has 1 aromatic rings. The summed E-state index contributed by atoms with van der Waals surface area (Å²) < 4.78 is 29.4. The molecule has 0 heterocycles. The van der Waals surface area contributed by atoms with Crippen molar-refractivity contribution in [2.45, 2.75) is 43.5 Å². The first-order valence-corrected chi connectivity index (χ1v) is 9.09. The van der Waals surface area contributed by atoms with E-state index in [1.165, 1.54) is 6.26 Å². The molecule has 0 saturated heterocycles. The van der Waals surface area contributed by atoms with Crippen LogP contribution in [0, 0.1) is 0 Å². The molecule has 2 atom stereocenters. The number of benzene rings is 1. The van der Waals surface area contributed by atoms with Gasteiger partial charge in [-0.05, 0) is 43.9 Å². The van der Waals surface area contributed by atoms with Crippen molar-refractivity contribution in [3.8, 4) is 5.75 Å². The second kappa shape index (κ2) is 6.59. The monoisotopic (exact) mass is 297 g/mol. The number of sulfone groups is 1. The summed E-state index contributed by atoms with van der Waals surface area (Å²) in [5, 5.41) is -0.261. The van der Waals surface area contributed by atoms with Gasteiger partial charge in [0.2, 0.25) is 0 Å². The van der Waals surface area contributed by atoms with Crippen LogP contribution in [0.25, 0.3) is 0 Å². The molecule has 1 aliphatic carbocycles. The molecule has 1 saturated carbocycles. The smallest absolute Gasteiger partial charge is 0.150 e. The Hall–Kier alpha value is -1.07. The lowest BCUT2D eigenvalue weighted by molar-refractivity contribution is 0.155. The predicted octanol–water partition coefficient (Wildman–Crippen LogP) is 1.92. The fraction of sp³-hybridized carbons (Fsp3) is 0.600. The molecule has 0 radical (unpaired) electrons. The fourth-order valence-corrected chi connectivity index (χ4v) is 3.92. The molecular formula is C15H23NO3S. The molecule has 0 bridgehead atoms. The minimum atomic E-state index is -2.97. The van der Waals surface area contributed by atoms with Gasteiger partial charge in [-0.3, -0.25) is 0 Å². The molecule has 2 unspecified atom stereocenters. The van der Waals surface area contributed by atoms with Gasteiger partial charge >= 0.3 is 0 Å². The van der Waals surface area contributed by atoms with Crippen molar-refractivity contribution in [2.75, 3.05) is 12.8 Å². The number of rotatable bonds is 5. The molecule has 0 aliphatic heterocycles. The minimum Gasteiger partial charge on any atom is -0.490 e. The molecule has 20 heavy (non-hydrogen) atoms. The van der Waals surface area contributed by atoms with E-state index in [1.807, 2.05) is 24.3 Å². The Kier molecular flexibility index (Phi) is 5.05. The Morgan fingerprint density at radius 2 is 2.05 bits per heavy atom. The van der Waals surface area contributed by atoms with Crippen LogP contribution in [-0.4, -0.2) is 32.6 Å². The van der Waals surface area contributed by atoms with E-state index in [0.29, 0.717) is 13.0 Å². The summed E-state index contributed by atoms with van der Waals surface area (Å²) in [5.41, 5.74) is 6.70. The Morgan fingerprint density at radius 3 is 2.75 bits per heavy atom. The zero-order valence-electron chi connectivity index (χ0n) is 11.9. The Labute approximate surface area is 121 Å². The molecule has 112 valence electrons. The molecule has 0 spiro atoms. The van der Waals surface area contributed by atoms with Crippen LogP contribution < -0.4 is 10.5 Å². The summed E-state index contributed by atoms with van der Waals surface area (Å²) in [4.78, 5) is 0. The van der Waals surface area contributed by atoms with Crippen LogP contribution in [-0.2, 0) is 16.3 Å². The molecule has 0 aromatic heterocycles. The highest BCUT2D eigenvalue weighted by molar-refractivity contribution is 7.91. The average molecular weight is 297 g/mol. The van der Waals surface area contributed by atoms with Crippen LogP contribution in [0.15, 0.2) is 24.3 Å². The van der Waals surface area contributed by atoms with E-state index in [9.17, 15) is 8.42 Å². The third-order valence-corrected chi connectivity index (χ3v) is 5.50. The fourth-order valence-electron chi connectivity index (χ4n) is 2.76. The Morgan fingerprint density at radius 1 is 1.30 bits per heavy atom. The lowest BCUT2D eigenvalue weighted by Gasteiger charge is -2.29. The van der Waals surface area contributed by atoms with Crippen molar-refractivity contribution in [1.29, 1.82) is 0 Å². The largest absolute Gasteiger partial charge is 0.490 e. The highest BCUT2D eigenvalue weighted by Gasteiger charge is 2.30. The summed E-state index contributed by atoms with van der Waals surface area (Å²) in [6.07, 6.45) is 5.26. The first-order valence-electron chi connectivity index (χ1n) is 7.14. The molecule has 1 aromatic carbocycles. The van der Waals surface area contributed by atoms with Crippen molar-refractivity contribution >= 4 is 9.84 Å². The van der Waals surface area contributed by atoms with Crippen LogP contribution in [0.2, 0.25) is 0 Å².